The molecule has 1 aliphatic heterocycles. The van der Waals surface area contributed by atoms with Crippen LogP contribution in [-0.2, 0) is 11.3 Å². The Kier molecular flexibility index (Phi) is 4.29. The second kappa shape index (κ2) is 6.75. The SMILES string of the molecule is COc1ccc(CNc2nc(F)nc3c2ncn3C2CCCO2)c(O)c1. The number of aromatic nitrogens is 4. The van der Waals surface area contributed by atoms with E-state index in [4.69, 9.17) is 9.47 Å². The van der Waals surface area contributed by atoms with E-state index in [0.29, 0.717) is 29.1 Å². The molecule has 0 bridgehead atoms. The second-order valence-corrected chi connectivity index (χ2v) is 5.98. The van der Waals surface area contributed by atoms with Crippen molar-refractivity contribution in [3.05, 3.63) is 36.2 Å². The number of methoxy groups -OCH3 is 1. The lowest BCUT2D eigenvalue weighted by molar-refractivity contribution is 0.0592. The molecule has 2 aromatic heterocycles. The van der Waals surface area contributed by atoms with E-state index in [0.717, 1.165) is 12.8 Å². The number of halogens is 1. The molecule has 4 rings (SSSR count). The van der Waals surface area contributed by atoms with Crippen molar-refractivity contribution in [1.29, 1.82) is 0 Å². The van der Waals surface area contributed by atoms with Crippen molar-refractivity contribution in [3.8, 4) is 11.5 Å². The number of rotatable bonds is 5. The van der Waals surface area contributed by atoms with Gasteiger partial charge in [0.15, 0.2) is 17.0 Å². The van der Waals surface area contributed by atoms with E-state index >= 15 is 0 Å². The molecule has 1 aliphatic rings. The van der Waals surface area contributed by atoms with Crippen molar-refractivity contribution < 1.29 is 19.0 Å². The van der Waals surface area contributed by atoms with Gasteiger partial charge in [-0.05, 0) is 25.0 Å². The van der Waals surface area contributed by atoms with Crippen LogP contribution in [0, 0.1) is 6.08 Å². The Morgan fingerprint density at radius 2 is 2.31 bits per heavy atom. The predicted octanol–water partition coefficient (Wildman–Crippen LogP) is 2.60. The summed E-state index contributed by atoms with van der Waals surface area (Å²) in [4.78, 5) is 12.0. The van der Waals surface area contributed by atoms with Gasteiger partial charge in [0.2, 0.25) is 0 Å². The molecule has 1 unspecified atom stereocenters. The summed E-state index contributed by atoms with van der Waals surface area (Å²) in [6.45, 7) is 0.911. The highest BCUT2D eigenvalue weighted by Gasteiger charge is 2.22. The first-order valence-electron chi connectivity index (χ1n) is 8.27. The summed E-state index contributed by atoms with van der Waals surface area (Å²) in [6.07, 6.45) is 2.33. The minimum atomic E-state index is -0.848. The summed E-state index contributed by atoms with van der Waals surface area (Å²) >= 11 is 0. The van der Waals surface area contributed by atoms with Crippen LogP contribution in [0.1, 0.15) is 24.6 Å². The van der Waals surface area contributed by atoms with Crippen molar-refractivity contribution in [1.82, 2.24) is 19.5 Å². The van der Waals surface area contributed by atoms with Crippen LogP contribution in [0.4, 0.5) is 10.2 Å². The Morgan fingerprint density at radius 3 is 3.04 bits per heavy atom. The fourth-order valence-corrected chi connectivity index (χ4v) is 3.00. The van der Waals surface area contributed by atoms with Crippen LogP contribution in [0.15, 0.2) is 24.5 Å². The van der Waals surface area contributed by atoms with E-state index in [2.05, 4.69) is 20.3 Å². The Labute approximate surface area is 148 Å². The number of hydrogen-bond donors (Lipinski definition) is 2. The quantitative estimate of drug-likeness (QED) is 0.676. The van der Waals surface area contributed by atoms with Gasteiger partial charge in [-0.3, -0.25) is 4.57 Å². The largest absolute Gasteiger partial charge is 0.507 e. The van der Waals surface area contributed by atoms with E-state index in [1.807, 2.05) is 0 Å². The van der Waals surface area contributed by atoms with Gasteiger partial charge in [-0.1, -0.05) is 0 Å². The number of phenols is 1. The third-order valence-corrected chi connectivity index (χ3v) is 4.35. The van der Waals surface area contributed by atoms with Gasteiger partial charge in [-0.15, -0.1) is 0 Å². The molecular formula is C17H18FN5O3. The van der Waals surface area contributed by atoms with E-state index in [-0.39, 0.29) is 24.3 Å². The van der Waals surface area contributed by atoms with Crippen LogP contribution in [-0.4, -0.2) is 38.3 Å². The zero-order valence-electron chi connectivity index (χ0n) is 14.1. The summed E-state index contributed by atoms with van der Waals surface area (Å²) in [6, 6.07) is 4.97. The molecule has 9 heteroatoms. The predicted molar refractivity (Wildman–Crippen MR) is 91.5 cm³/mol. The Hall–Kier alpha value is -2.94. The average Bonchev–Trinajstić information content (AvgIpc) is 3.29. The molecule has 0 spiro atoms. The van der Waals surface area contributed by atoms with Crippen LogP contribution in [0.5, 0.6) is 11.5 Å². The fourth-order valence-electron chi connectivity index (χ4n) is 3.00. The van der Waals surface area contributed by atoms with E-state index in [1.165, 1.54) is 13.2 Å². The molecule has 3 aromatic rings. The van der Waals surface area contributed by atoms with Crippen molar-refractivity contribution in [3.63, 3.8) is 0 Å². The van der Waals surface area contributed by atoms with Gasteiger partial charge in [0.1, 0.15) is 17.7 Å². The summed E-state index contributed by atoms with van der Waals surface area (Å²) < 4.78 is 26.3. The number of fused-ring (bicyclic) bond motifs is 1. The molecule has 26 heavy (non-hydrogen) atoms. The molecule has 0 saturated carbocycles. The minimum Gasteiger partial charge on any atom is -0.507 e. The third kappa shape index (κ3) is 3.01. The van der Waals surface area contributed by atoms with Crippen LogP contribution in [0.3, 0.4) is 0 Å². The Bertz CT molecular complexity index is 940. The molecule has 0 amide bonds. The molecule has 3 heterocycles. The maximum absolute atomic E-state index is 13.9. The van der Waals surface area contributed by atoms with Gasteiger partial charge in [-0.2, -0.15) is 14.4 Å². The normalized spacial score (nSPS) is 16.9. The zero-order chi connectivity index (χ0) is 18.1. The number of aromatic hydroxyl groups is 1. The number of hydrogen-bond acceptors (Lipinski definition) is 7. The highest BCUT2D eigenvalue weighted by atomic mass is 19.1. The molecule has 0 radical (unpaired) electrons. The van der Waals surface area contributed by atoms with Crippen molar-refractivity contribution in [2.45, 2.75) is 25.6 Å². The Morgan fingerprint density at radius 1 is 1.42 bits per heavy atom. The average molecular weight is 359 g/mol. The van der Waals surface area contributed by atoms with Crippen molar-refractivity contribution in [2.75, 3.05) is 19.0 Å². The fraction of sp³-hybridized carbons (Fsp3) is 0.353. The third-order valence-electron chi connectivity index (χ3n) is 4.35. The van der Waals surface area contributed by atoms with Crippen molar-refractivity contribution >= 4 is 17.0 Å². The first kappa shape index (κ1) is 16.5. The molecule has 136 valence electrons. The van der Waals surface area contributed by atoms with Gasteiger partial charge in [0.05, 0.1) is 13.4 Å². The molecular weight excluding hydrogens is 341 g/mol. The zero-order valence-corrected chi connectivity index (χ0v) is 14.1. The maximum atomic E-state index is 13.9. The number of ether oxygens (including phenoxy) is 2. The number of nitrogens with zero attached hydrogens (tertiary/aromatic N) is 4. The van der Waals surface area contributed by atoms with E-state index in [1.54, 1.807) is 23.0 Å². The molecule has 0 aliphatic carbocycles. The van der Waals surface area contributed by atoms with E-state index in [9.17, 15) is 9.50 Å². The summed E-state index contributed by atoms with van der Waals surface area (Å²) in [7, 11) is 1.53. The molecule has 1 atom stereocenters. The van der Waals surface area contributed by atoms with Crippen LogP contribution < -0.4 is 10.1 Å². The first-order chi connectivity index (χ1) is 12.7. The topological polar surface area (TPSA) is 94.3 Å². The van der Waals surface area contributed by atoms with Crippen LogP contribution in [0.25, 0.3) is 11.2 Å². The lowest BCUT2D eigenvalue weighted by atomic mass is 10.2. The van der Waals surface area contributed by atoms with Gasteiger partial charge < -0.3 is 19.9 Å². The first-order valence-corrected chi connectivity index (χ1v) is 8.27. The Balaban J connectivity index is 1.62. The maximum Gasteiger partial charge on any atom is 0.312 e. The number of anilines is 1. The molecule has 1 fully saturated rings. The minimum absolute atomic E-state index is 0.0764. The van der Waals surface area contributed by atoms with E-state index < -0.39 is 6.08 Å². The monoisotopic (exact) mass is 359 g/mol. The number of benzene rings is 1. The summed E-state index contributed by atoms with van der Waals surface area (Å²) in [5.41, 5.74) is 1.46. The summed E-state index contributed by atoms with van der Waals surface area (Å²) in [5, 5.41) is 13.1. The van der Waals surface area contributed by atoms with Crippen molar-refractivity contribution in [2.24, 2.45) is 0 Å². The molecule has 1 aromatic carbocycles. The number of phenolic OH excluding ortho intramolecular Hbond substituents is 1. The smallest absolute Gasteiger partial charge is 0.312 e. The lowest BCUT2D eigenvalue weighted by Gasteiger charge is -2.12. The molecule has 8 nitrogen and oxygen atoms in total. The highest BCUT2D eigenvalue weighted by Crippen LogP contribution is 2.29. The van der Waals surface area contributed by atoms with Gasteiger partial charge in [0.25, 0.3) is 0 Å². The second-order valence-electron chi connectivity index (χ2n) is 5.98. The highest BCUT2D eigenvalue weighted by molar-refractivity contribution is 5.82. The van der Waals surface area contributed by atoms with Crippen LogP contribution >= 0.6 is 0 Å². The lowest BCUT2D eigenvalue weighted by Crippen LogP contribution is -2.09. The number of nitrogens with one attached hydrogen (secondary N) is 1. The van der Waals surface area contributed by atoms with Gasteiger partial charge >= 0.3 is 6.08 Å². The number of imidazole rings is 1. The van der Waals surface area contributed by atoms with Crippen LogP contribution in [0.2, 0.25) is 0 Å². The molecule has 1 saturated heterocycles. The van der Waals surface area contributed by atoms with Gasteiger partial charge in [-0.25, -0.2) is 4.98 Å². The molecule has 2 N–H and O–H groups in total. The standard InChI is InChI=1S/C17H18FN5O3/c1-25-11-5-4-10(12(24)7-11)8-19-15-14-16(22-17(18)21-15)23(9-20-14)13-3-2-6-26-13/h4-5,7,9,13,24H,2-3,6,8H2,1H3,(H,19,21,22). The summed E-state index contributed by atoms with van der Waals surface area (Å²) in [5.74, 6) is 0.893. The van der Waals surface area contributed by atoms with Gasteiger partial charge in [0, 0.05) is 24.8 Å².